The summed E-state index contributed by atoms with van der Waals surface area (Å²) in [5, 5.41) is 0. The Labute approximate surface area is 79.4 Å². The molecule has 1 aliphatic carbocycles. The van der Waals surface area contributed by atoms with Gasteiger partial charge in [-0.15, -0.1) is 0 Å². The van der Waals surface area contributed by atoms with Gasteiger partial charge >= 0.3 is 0 Å². The van der Waals surface area contributed by atoms with Gasteiger partial charge in [-0.05, 0) is 12.8 Å². The van der Waals surface area contributed by atoms with Crippen LogP contribution in [0.1, 0.15) is 32.1 Å². The quantitative estimate of drug-likeness (QED) is 0.497. The topological polar surface area (TPSA) is 35.5 Å². The van der Waals surface area contributed by atoms with Crippen LogP contribution in [-0.2, 0) is 14.3 Å². The second-order valence-electron chi connectivity index (χ2n) is 3.51. The van der Waals surface area contributed by atoms with Crippen molar-refractivity contribution in [1.29, 1.82) is 0 Å². The Bertz CT molecular complexity index is 164. The standard InChI is InChI=1S/C10H18O3/c1-12-10(13-2)8-6-4-3-5-7-9(8)11/h8,10H,3-7H2,1-2H3. The fourth-order valence-electron chi connectivity index (χ4n) is 1.90. The average Bonchev–Trinajstić information content (AvgIpc) is 2.34. The molecule has 0 radical (unpaired) electrons. The van der Waals surface area contributed by atoms with Crippen molar-refractivity contribution in [3.63, 3.8) is 0 Å². The zero-order chi connectivity index (χ0) is 9.68. The summed E-state index contributed by atoms with van der Waals surface area (Å²) in [6.07, 6.45) is 4.54. The van der Waals surface area contributed by atoms with E-state index in [0.29, 0.717) is 12.2 Å². The highest BCUT2D eigenvalue weighted by molar-refractivity contribution is 5.81. The van der Waals surface area contributed by atoms with Crippen molar-refractivity contribution in [2.24, 2.45) is 5.92 Å². The van der Waals surface area contributed by atoms with E-state index in [-0.39, 0.29) is 12.2 Å². The van der Waals surface area contributed by atoms with Crippen molar-refractivity contribution in [3.05, 3.63) is 0 Å². The minimum absolute atomic E-state index is 0.0440. The summed E-state index contributed by atoms with van der Waals surface area (Å²) in [5.41, 5.74) is 0. The Hall–Kier alpha value is -0.410. The first kappa shape index (κ1) is 10.7. The number of Topliss-reactive ketones (excluding diaryl/α,β-unsaturated/α-hetero) is 1. The van der Waals surface area contributed by atoms with E-state index in [9.17, 15) is 4.79 Å². The van der Waals surface area contributed by atoms with Crippen molar-refractivity contribution in [1.82, 2.24) is 0 Å². The molecule has 0 aliphatic heterocycles. The predicted octanol–water partition coefficient (Wildman–Crippen LogP) is 1.75. The maximum Gasteiger partial charge on any atom is 0.166 e. The van der Waals surface area contributed by atoms with Crippen molar-refractivity contribution in [2.75, 3.05) is 14.2 Å². The lowest BCUT2D eigenvalue weighted by atomic mass is 9.98. The molecular formula is C10H18O3. The summed E-state index contributed by atoms with van der Waals surface area (Å²) in [7, 11) is 3.18. The highest BCUT2D eigenvalue weighted by atomic mass is 16.7. The third-order valence-electron chi connectivity index (χ3n) is 2.65. The number of methoxy groups -OCH3 is 2. The van der Waals surface area contributed by atoms with Gasteiger partial charge in [0, 0.05) is 20.6 Å². The van der Waals surface area contributed by atoms with E-state index in [4.69, 9.17) is 9.47 Å². The van der Waals surface area contributed by atoms with Crippen LogP contribution >= 0.6 is 0 Å². The van der Waals surface area contributed by atoms with Crippen LogP contribution in [0.25, 0.3) is 0 Å². The Morgan fingerprint density at radius 2 is 1.92 bits per heavy atom. The lowest BCUT2D eigenvalue weighted by molar-refractivity contribution is -0.156. The largest absolute Gasteiger partial charge is 0.355 e. The summed E-state index contributed by atoms with van der Waals surface area (Å²) in [6.45, 7) is 0. The summed E-state index contributed by atoms with van der Waals surface area (Å²) < 4.78 is 10.2. The van der Waals surface area contributed by atoms with Gasteiger partial charge in [-0.1, -0.05) is 12.8 Å². The molecular weight excluding hydrogens is 168 g/mol. The van der Waals surface area contributed by atoms with E-state index in [1.807, 2.05) is 0 Å². The van der Waals surface area contributed by atoms with Crippen LogP contribution in [0.4, 0.5) is 0 Å². The molecule has 1 saturated carbocycles. The maximum absolute atomic E-state index is 11.6. The van der Waals surface area contributed by atoms with E-state index in [1.165, 1.54) is 0 Å². The molecule has 1 fully saturated rings. The van der Waals surface area contributed by atoms with Crippen LogP contribution in [-0.4, -0.2) is 26.3 Å². The van der Waals surface area contributed by atoms with Crippen LogP contribution in [0, 0.1) is 5.92 Å². The molecule has 0 aromatic rings. The first-order valence-electron chi connectivity index (χ1n) is 4.88. The highest BCUT2D eigenvalue weighted by Gasteiger charge is 2.28. The number of carbonyl (C=O) groups is 1. The second kappa shape index (κ2) is 5.35. The molecule has 0 saturated heterocycles. The number of carbonyl (C=O) groups excluding carboxylic acids is 1. The van der Waals surface area contributed by atoms with E-state index in [1.54, 1.807) is 14.2 Å². The summed E-state index contributed by atoms with van der Waals surface area (Å²) in [5.74, 6) is 0.253. The number of hydrogen-bond donors (Lipinski definition) is 0. The highest BCUT2D eigenvalue weighted by Crippen LogP contribution is 2.24. The first-order valence-corrected chi connectivity index (χ1v) is 4.88. The predicted molar refractivity (Wildman–Crippen MR) is 49.4 cm³/mol. The normalized spacial score (nSPS) is 24.8. The van der Waals surface area contributed by atoms with Gasteiger partial charge in [-0.25, -0.2) is 0 Å². The molecule has 0 spiro atoms. The zero-order valence-electron chi connectivity index (χ0n) is 8.41. The Balaban J connectivity index is 2.57. The molecule has 0 heterocycles. The number of rotatable bonds is 3. The van der Waals surface area contributed by atoms with Crippen LogP contribution in [0.5, 0.6) is 0 Å². The average molecular weight is 186 g/mol. The second-order valence-corrected chi connectivity index (χ2v) is 3.51. The number of ketones is 1. The lowest BCUT2D eigenvalue weighted by Crippen LogP contribution is -2.30. The lowest BCUT2D eigenvalue weighted by Gasteiger charge is -2.21. The fraction of sp³-hybridized carbons (Fsp3) is 0.900. The molecule has 3 nitrogen and oxygen atoms in total. The Morgan fingerprint density at radius 3 is 2.54 bits per heavy atom. The minimum Gasteiger partial charge on any atom is -0.355 e. The van der Waals surface area contributed by atoms with Gasteiger partial charge in [0.2, 0.25) is 0 Å². The summed E-state index contributed by atoms with van der Waals surface area (Å²) in [6, 6.07) is 0. The van der Waals surface area contributed by atoms with Crippen LogP contribution in [0.2, 0.25) is 0 Å². The van der Waals surface area contributed by atoms with E-state index in [2.05, 4.69) is 0 Å². The van der Waals surface area contributed by atoms with Gasteiger partial charge < -0.3 is 9.47 Å². The summed E-state index contributed by atoms with van der Waals surface area (Å²) in [4.78, 5) is 11.6. The molecule has 13 heavy (non-hydrogen) atoms. The molecule has 0 N–H and O–H groups in total. The van der Waals surface area contributed by atoms with E-state index in [0.717, 1.165) is 25.7 Å². The molecule has 3 heteroatoms. The molecule has 1 aliphatic rings. The van der Waals surface area contributed by atoms with Crippen LogP contribution in [0.15, 0.2) is 0 Å². The smallest absolute Gasteiger partial charge is 0.166 e. The SMILES string of the molecule is COC(OC)C1CCCCCC1=O. The monoisotopic (exact) mass is 186 g/mol. The maximum atomic E-state index is 11.6. The molecule has 1 rings (SSSR count). The third-order valence-corrected chi connectivity index (χ3v) is 2.65. The van der Waals surface area contributed by atoms with Gasteiger partial charge in [0.15, 0.2) is 6.29 Å². The van der Waals surface area contributed by atoms with Crippen molar-refractivity contribution in [2.45, 2.75) is 38.4 Å². The first-order chi connectivity index (χ1) is 6.29. The molecule has 76 valence electrons. The number of ether oxygens (including phenoxy) is 2. The van der Waals surface area contributed by atoms with E-state index < -0.39 is 0 Å². The molecule has 1 atom stereocenters. The van der Waals surface area contributed by atoms with Gasteiger partial charge in [-0.2, -0.15) is 0 Å². The molecule has 0 bridgehead atoms. The van der Waals surface area contributed by atoms with Crippen molar-refractivity contribution >= 4 is 5.78 Å². The van der Waals surface area contributed by atoms with Crippen molar-refractivity contribution < 1.29 is 14.3 Å². The van der Waals surface area contributed by atoms with Gasteiger partial charge in [-0.3, -0.25) is 4.79 Å². The summed E-state index contributed by atoms with van der Waals surface area (Å²) >= 11 is 0. The van der Waals surface area contributed by atoms with Crippen LogP contribution in [0.3, 0.4) is 0 Å². The fourth-order valence-corrected chi connectivity index (χ4v) is 1.90. The minimum atomic E-state index is -0.342. The third kappa shape index (κ3) is 2.78. The molecule has 0 aromatic carbocycles. The van der Waals surface area contributed by atoms with Crippen LogP contribution < -0.4 is 0 Å². The molecule has 0 amide bonds. The Kier molecular flexibility index (Phi) is 4.39. The Morgan fingerprint density at radius 1 is 1.23 bits per heavy atom. The zero-order valence-corrected chi connectivity index (χ0v) is 8.41. The van der Waals surface area contributed by atoms with Gasteiger partial charge in [0.1, 0.15) is 5.78 Å². The van der Waals surface area contributed by atoms with E-state index >= 15 is 0 Å². The number of hydrogen-bond acceptors (Lipinski definition) is 3. The molecule has 1 unspecified atom stereocenters. The van der Waals surface area contributed by atoms with Gasteiger partial charge in [0.05, 0.1) is 5.92 Å². The molecule has 0 aromatic heterocycles. The van der Waals surface area contributed by atoms with Crippen molar-refractivity contribution in [3.8, 4) is 0 Å². The van der Waals surface area contributed by atoms with Gasteiger partial charge in [0.25, 0.3) is 0 Å².